The Morgan fingerprint density at radius 2 is 1.71 bits per heavy atom. The Hall–Kier alpha value is -2.43. The quantitative estimate of drug-likeness (QED) is 0.205. The number of rotatable bonds is 15. The molecule has 3 rings (SSSR count). The summed E-state index contributed by atoms with van der Waals surface area (Å²) in [5, 5.41) is 8.94. The van der Waals surface area contributed by atoms with Crippen molar-refractivity contribution in [1.82, 2.24) is 20.9 Å². The van der Waals surface area contributed by atoms with Crippen LogP contribution < -0.4 is 16.0 Å². The second kappa shape index (κ2) is 18.2. The third-order valence-corrected chi connectivity index (χ3v) is 7.13. The minimum atomic E-state index is -1.09. The van der Waals surface area contributed by atoms with Crippen molar-refractivity contribution in [2.45, 2.75) is 50.4 Å². The van der Waals surface area contributed by atoms with Gasteiger partial charge in [0.05, 0.1) is 18.7 Å². The van der Waals surface area contributed by atoms with E-state index in [4.69, 9.17) is 27.9 Å². The maximum atomic E-state index is 14.1. The summed E-state index contributed by atoms with van der Waals surface area (Å²) in [6, 6.07) is 11.8. The van der Waals surface area contributed by atoms with E-state index >= 15 is 0 Å². The van der Waals surface area contributed by atoms with Crippen LogP contribution in [-0.4, -0.2) is 78.8 Å². The van der Waals surface area contributed by atoms with Crippen LogP contribution in [0.2, 0.25) is 0 Å². The van der Waals surface area contributed by atoms with E-state index in [9.17, 15) is 18.8 Å². The molecule has 1 aliphatic rings. The molecule has 1 aliphatic heterocycles. The minimum absolute atomic E-state index is 0. The van der Waals surface area contributed by atoms with Gasteiger partial charge in [0.1, 0.15) is 17.9 Å². The van der Waals surface area contributed by atoms with Crippen molar-refractivity contribution in [2.24, 2.45) is 0 Å². The minimum Gasteiger partial charge on any atom is -0.464 e. The summed E-state index contributed by atoms with van der Waals surface area (Å²) in [5.41, 5.74) is 1.42. The summed E-state index contributed by atoms with van der Waals surface area (Å²) < 4.78 is 18.7. The molecule has 0 radical (unpaired) electrons. The number of amides is 2. The van der Waals surface area contributed by atoms with Crippen LogP contribution in [0.3, 0.4) is 0 Å². The first-order valence-electron chi connectivity index (χ1n) is 13.5. The number of benzene rings is 2. The molecule has 1 unspecified atom stereocenters. The van der Waals surface area contributed by atoms with Crippen LogP contribution in [-0.2, 0) is 25.5 Å². The van der Waals surface area contributed by atoms with Gasteiger partial charge in [0.2, 0.25) is 11.8 Å². The van der Waals surface area contributed by atoms with Crippen molar-refractivity contribution in [1.29, 1.82) is 0 Å². The van der Waals surface area contributed by atoms with Crippen LogP contribution in [0.4, 0.5) is 4.39 Å². The highest BCUT2D eigenvalue weighted by molar-refractivity contribution is 6.18. The third kappa shape index (κ3) is 10.4. The summed E-state index contributed by atoms with van der Waals surface area (Å²) in [6.07, 6.45) is 1.59. The average molecular weight is 632 g/mol. The van der Waals surface area contributed by atoms with Crippen molar-refractivity contribution in [2.75, 3.05) is 38.0 Å². The van der Waals surface area contributed by atoms with Crippen molar-refractivity contribution < 1.29 is 23.5 Å². The second-order valence-electron chi connectivity index (χ2n) is 9.55. The molecule has 8 nitrogen and oxygen atoms in total. The van der Waals surface area contributed by atoms with Crippen LogP contribution in [0.1, 0.15) is 36.9 Å². The van der Waals surface area contributed by atoms with Gasteiger partial charge in [-0.3, -0.25) is 14.5 Å². The van der Waals surface area contributed by atoms with Gasteiger partial charge in [-0.05, 0) is 49.6 Å². The van der Waals surface area contributed by atoms with Crippen LogP contribution in [0, 0.1) is 5.82 Å². The predicted molar refractivity (Wildman–Crippen MR) is 161 cm³/mol. The monoisotopic (exact) mass is 630 g/mol. The van der Waals surface area contributed by atoms with E-state index in [-0.39, 0.29) is 43.1 Å². The molecular formula is C29H38Cl3FN4O4. The molecule has 1 heterocycles. The van der Waals surface area contributed by atoms with Crippen molar-refractivity contribution in [3.8, 4) is 0 Å². The van der Waals surface area contributed by atoms with E-state index in [1.165, 1.54) is 12.1 Å². The standard InChI is InChI=1S/C29H37Cl2FN4O4.ClH/c1-2-40-29(39)24(19-20-10-12-22(32)13-11-20)34-28(38)25(35-27(37)23-9-6-16-33-23)26(21-7-4-3-5-8-21)36(17-14-30)18-15-31;/h3-5,7-8,10-13,23-26,33H,2,6,9,14-19H2,1H3,(H,34,38)(H,35,37);1H/t23-,24-,25-,26?;/m0./s1. The molecule has 2 amide bonds. The average Bonchev–Trinajstić information content (AvgIpc) is 3.50. The lowest BCUT2D eigenvalue weighted by Gasteiger charge is -2.37. The highest BCUT2D eigenvalue weighted by Crippen LogP contribution is 2.26. The molecule has 0 bridgehead atoms. The Bertz CT molecular complexity index is 1090. The molecule has 4 atom stereocenters. The zero-order valence-corrected chi connectivity index (χ0v) is 25.3. The summed E-state index contributed by atoms with van der Waals surface area (Å²) >= 11 is 12.3. The van der Waals surface area contributed by atoms with Crippen molar-refractivity contribution >= 4 is 53.4 Å². The van der Waals surface area contributed by atoms with E-state index in [1.54, 1.807) is 19.1 Å². The van der Waals surface area contributed by atoms with Crippen molar-refractivity contribution in [3.05, 3.63) is 71.5 Å². The molecule has 0 spiro atoms. The van der Waals surface area contributed by atoms with Crippen LogP contribution in [0.5, 0.6) is 0 Å². The van der Waals surface area contributed by atoms with Gasteiger partial charge in [-0.25, -0.2) is 9.18 Å². The molecule has 226 valence electrons. The molecule has 3 N–H and O–H groups in total. The Kier molecular flexibility index (Phi) is 15.4. The summed E-state index contributed by atoms with van der Waals surface area (Å²) in [7, 11) is 0. The van der Waals surface area contributed by atoms with Gasteiger partial charge in [-0.2, -0.15) is 0 Å². The smallest absolute Gasteiger partial charge is 0.328 e. The van der Waals surface area contributed by atoms with E-state index in [0.717, 1.165) is 12.0 Å². The van der Waals surface area contributed by atoms with Gasteiger partial charge in [-0.1, -0.05) is 42.5 Å². The molecule has 12 heteroatoms. The number of carbonyl (C=O) groups is 3. The highest BCUT2D eigenvalue weighted by atomic mass is 35.5. The molecule has 2 aromatic rings. The molecule has 0 aromatic heterocycles. The van der Waals surface area contributed by atoms with Crippen LogP contribution in [0.15, 0.2) is 54.6 Å². The van der Waals surface area contributed by atoms with Gasteiger partial charge >= 0.3 is 5.97 Å². The number of esters is 1. The molecule has 2 aromatic carbocycles. The number of nitrogens with zero attached hydrogens (tertiary/aromatic N) is 1. The SMILES string of the molecule is CCOC(=O)[C@H](Cc1ccc(F)cc1)NC(=O)[C@@H](NC(=O)[C@@H]1CCCN1)C(c1ccccc1)N(CCCl)CCCl.Cl. The van der Waals surface area contributed by atoms with Crippen LogP contribution in [0.25, 0.3) is 0 Å². The zero-order chi connectivity index (χ0) is 28.9. The Morgan fingerprint density at radius 1 is 1.05 bits per heavy atom. The fourth-order valence-corrected chi connectivity index (χ4v) is 5.31. The lowest BCUT2D eigenvalue weighted by Crippen LogP contribution is -2.59. The fourth-order valence-electron chi connectivity index (χ4n) is 4.88. The number of nitrogens with one attached hydrogen (secondary N) is 3. The van der Waals surface area contributed by atoms with Gasteiger partial charge in [0.15, 0.2) is 0 Å². The Balaban J connectivity index is 0.00000588. The number of hydrogen-bond donors (Lipinski definition) is 3. The third-order valence-electron chi connectivity index (χ3n) is 6.79. The Morgan fingerprint density at radius 3 is 2.27 bits per heavy atom. The number of carbonyl (C=O) groups excluding carboxylic acids is 3. The number of alkyl halides is 2. The first-order valence-corrected chi connectivity index (χ1v) is 14.6. The van der Waals surface area contributed by atoms with Crippen LogP contribution >= 0.6 is 35.6 Å². The van der Waals surface area contributed by atoms with Crippen molar-refractivity contribution in [3.63, 3.8) is 0 Å². The van der Waals surface area contributed by atoms with E-state index in [1.807, 2.05) is 35.2 Å². The molecule has 1 fully saturated rings. The topological polar surface area (TPSA) is 99.8 Å². The molecule has 1 saturated heterocycles. The molecule has 0 aliphatic carbocycles. The lowest BCUT2D eigenvalue weighted by atomic mass is 9.95. The predicted octanol–water partition coefficient (Wildman–Crippen LogP) is 3.60. The van der Waals surface area contributed by atoms with Gasteiger partial charge in [0.25, 0.3) is 0 Å². The zero-order valence-electron chi connectivity index (χ0n) is 23.0. The molecule has 41 heavy (non-hydrogen) atoms. The van der Waals surface area contributed by atoms with E-state index < -0.39 is 41.9 Å². The van der Waals surface area contributed by atoms with Gasteiger partial charge in [0, 0.05) is 31.3 Å². The second-order valence-corrected chi connectivity index (χ2v) is 10.3. The van der Waals surface area contributed by atoms with E-state index in [2.05, 4.69) is 16.0 Å². The highest BCUT2D eigenvalue weighted by Gasteiger charge is 2.38. The lowest BCUT2D eigenvalue weighted by molar-refractivity contribution is -0.148. The maximum absolute atomic E-state index is 14.1. The van der Waals surface area contributed by atoms with Gasteiger partial charge < -0.3 is 20.7 Å². The summed E-state index contributed by atoms with van der Waals surface area (Å²) in [6.45, 7) is 3.32. The normalized spacial score (nSPS) is 16.8. The Labute approximate surface area is 257 Å². The number of ether oxygens (including phenoxy) is 1. The first-order chi connectivity index (χ1) is 19.4. The molecule has 0 saturated carbocycles. The summed E-state index contributed by atoms with van der Waals surface area (Å²) in [4.78, 5) is 42.3. The maximum Gasteiger partial charge on any atom is 0.328 e. The fraction of sp³-hybridized carbons (Fsp3) is 0.483. The number of hydrogen-bond acceptors (Lipinski definition) is 6. The van der Waals surface area contributed by atoms with E-state index in [0.29, 0.717) is 31.6 Å². The molecular weight excluding hydrogens is 594 g/mol. The largest absolute Gasteiger partial charge is 0.464 e. The van der Waals surface area contributed by atoms with Gasteiger partial charge in [-0.15, -0.1) is 35.6 Å². The number of halogens is 4. The summed E-state index contributed by atoms with van der Waals surface area (Å²) in [5.74, 6) is -1.34. The first kappa shape index (κ1) is 34.8.